The van der Waals surface area contributed by atoms with E-state index in [1.807, 2.05) is 41.0 Å². The molecule has 0 saturated carbocycles. The Balaban J connectivity index is 1.15. The number of ether oxygens (including phenoxy) is 3. The molecule has 1 unspecified atom stereocenters. The smallest absolute Gasteiger partial charge is 0.270 e. The van der Waals surface area contributed by atoms with Gasteiger partial charge in [-0.05, 0) is 37.0 Å². The molecule has 4 heterocycles. The fourth-order valence-corrected chi connectivity index (χ4v) is 5.46. The Hall–Kier alpha value is -2.58. The molecule has 8 heteroatoms. The number of hydrogen-bond donors (Lipinski definition) is 1. The van der Waals surface area contributed by atoms with Crippen molar-refractivity contribution in [3.05, 3.63) is 30.0 Å². The maximum absolute atomic E-state index is 13.1. The fourth-order valence-electron chi connectivity index (χ4n) is 5.46. The van der Waals surface area contributed by atoms with Gasteiger partial charge in [0, 0.05) is 61.9 Å². The number of aromatic nitrogens is 1. The van der Waals surface area contributed by atoms with Crippen LogP contribution in [0.1, 0.15) is 43.1 Å². The Morgan fingerprint density at radius 3 is 2.42 bits per heavy atom. The van der Waals surface area contributed by atoms with E-state index in [0.29, 0.717) is 51.0 Å². The van der Waals surface area contributed by atoms with E-state index in [1.165, 1.54) is 0 Å². The van der Waals surface area contributed by atoms with Gasteiger partial charge >= 0.3 is 0 Å². The van der Waals surface area contributed by atoms with Crippen LogP contribution in [0.4, 0.5) is 0 Å². The van der Waals surface area contributed by atoms with Gasteiger partial charge in [-0.25, -0.2) is 0 Å². The molecule has 2 amide bonds. The summed E-state index contributed by atoms with van der Waals surface area (Å²) in [5.74, 6) is 0.790. The standard InChI is InChI=1S/C25H33N3O5/c1-17(23(29)28-11-7-25(8-12-28)32-13-14-33-25)18-5-9-27(10-6-18)24(30)22-15-19-3-4-20(31-2)16-21(19)26-22/h3-4,15-18,26H,5-14H2,1-2H3. The second kappa shape index (κ2) is 8.99. The summed E-state index contributed by atoms with van der Waals surface area (Å²) in [6.45, 7) is 6.05. The SMILES string of the molecule is COc1ccc2cc(C(=O)N3CCC(C(C)C(=O)N4CCC5(CC4)OCCO5)CC3)[nH]c2c1. The summed E-state index contributed by atoms with van der Waals surface area (Å²) in [5, 5.41) is 0.991. The number of nitrogens with zero attached hydrogens (tertiary/aromatic N) is 2. The molecular weight excluding hydrogens is 422 g/mol. The van der Waals surface area contributed by atoms with Crippen LogP contribution < -0.4 is 4.74 Å². The van der Waals surface area contributed by atoms with Gasteiger partial charge in [-0.3, -0.25) is 9.59 Å². The van der Waals surface area contributed by atoms with Crippen LogP contribution in [-0.4, -0.2) is 78.9 Å². The van der Waals surface area contributed by atoms with Gasteiger partial charge in [0.15, 0.2) is 5.79 Å². The lowest BCUT2D eigenvalue weighted by atomic mass is 9.84. The molecule has 1 N–H and O–H groups in total. The van der Waals surface area contributed by atoms with Crippen molar-refractivity contribution in [1.82, 2.24) is 14.8 Å². The largest absolute Gasteiger partial charge is 0.497 e. The molecule has 178 valence electrons. The molecule has 0 bridgehead atoms. The van der Waals surface area contributed by atoms with Crippen molar-refractivity contribution >= 4 is 22.7 Å². The van der Waals surface area contributed by atoms with Crippen molar-refractivity contribution in [2.75, 3.05) is 46.5 Å². The number of carbonyl (C=O) groups excluding carboxylic acids is 2. The average Bonchev–Trinajstić information content (AvgIpc) is 3.50. The van der Waals surface area contributed by atoms with Gasteiger partial charge in [-0.1, -0.05) is 6.92 Å². The molecule has 3 aliphatic heterocycles. The monoisotopic (exact) mass is 455 g/mol. The van der Waals surface area contributed by atoms with Gasteiger partial charge < -0.3 is 29.0 Å². The van der Waals surface area contributed by atoms with E-state index >= 15 is 0 Å². The van der Waals surface area contributed by atoms with Crippen LogP contribution in [0.2, 0.25) is 0 Å². The molecule has 5 rings (SSSR count). The molecule has 1 aromatic heterocycles. The topological polar surface area (TPSA) is 84.1 Å². The van der Waals surface area contributed by atoms with Gasteiger partial charge in [0.2, 0.25) is 5.91 Å². The van der Waals surface area contributed by atoms with Crippen molar-refractivity contribution < 1.29 is 23.8 Å². The van der Waals surface area contributed by atoms with Crippen molar-refractivity contribution in [1.29, 1.82) is 0 Å². The molecule has 1 aromatic carbocycles. The number of nitrogens with one attached hydrogen (secondary N) is 1. The minimum atomic E-state index is -0.459. The number of fused-ring (bicyclic) bond motifs is 1. The van der Waals surface area contributed by atoms with Crippen LogP contribution in [0.25, 0.3) is 10.9 Å². The van der Waals surface area contributed by atoms with E-state index in [2.05, 4.69) is 4.98 Å². The number of piperidine rings is 2. The Bertz CT molecular complexity index is 1010. The first-order valence-corrected chi connectivity index (χ1v) is 12.0. The molecule has 33 heavy (non-hydrogen) atoms. The predicted octanol–water partition coefficient (Wildman–Crippen LogP) is 3.03. The third-order valence-electron chi connectivity index (χ3n) is 7.63. The van der Waals surface area contributed by atoms with Crippen LogP contribution in [0.15, 0.2) is 24.3 Å². The lowest BCUT2D eigenvalue weighted by Gasteiger charge is -2.40. The van der Waals surface area contributed by atoms with E-state index in [1.54, 1.807) is 7.11 Å². The molecule has 0 aliphatic carbocycles. The highest BCUT2D eigenvalue weighted by Gasteiger charge is 2.42. The minimum absolute atomic E-state index is 0.0143. The first-order chi connectivity index (χ1) is 16.0. The zero-order chi connectivity index (χ0) is 23.0. The molecule has 1 atom stereocenters. The molecule has 2 aromatic rings. The number of rotatable bonds is 4. The van der Waals surface area contributed by atoms with E-state index in [9.17, 15) is 9.59 Å². The van der Waals surface area contributed by atoms with Gasteiger partial charge in [-0.15, -0.1) is 0 Å². The highest BCUT2D eigenvalue weighted by molar-refractivity contribution is 5.98. The normalized spacial score (nSPS) is 22.1. The van der Waals surface area contributed by atoms with E-state index in [4.69, 9.17) is 14.2 Å². The third-order valence-corrected chi connectivity index (χ3v) is 7.63. The van der Waals surface area contributed by atoms with Gasteiger partial charge in [0.1, 0.15) is 11.4 Å². The zero-order valence-corrected chi connectivity index (χ0v) is 19.5. The number of carbonyl (C=O) groups is 2. The molecule has 3 fully saturated rings. The Labute approximate surface area is 194 Å². The number of methoxy groups -OCH3 is 1. The molecule has 3 aliphatic rings. The Kier molecular flexibility index (Phi) is 6.05. The Morgan fingerprint density at radius 2 is 1.76 bits per heavy atom. The summed E-state index contributed by atoms with van der Waals surface area (Å²) in [6, 6.07) is 7.65. The number of H-pyrrole nitrogens is 1. The van der Waals surface area contributed by atoms with Crippen molar-refractivity contribution in [3.63, 3.8) is 0 Å². The number of amides is 2. The lowest BCUT2D eigenvalue weighted by Crippen LogP contribution is -2.50. The number of hydrogen-bond acceptors (Lipinski definition) is 5. The zero-order valence-electron chi connectivity index (χ0n) is 19.5. The highest BCUT2D eigenvalue weighted by atomic mass is 16.7. The predicted molar refractivity (Wildman–Crippen MR) is 123 cm³/mol. The average molecular weight is 456 g/mol. The first-order valence-electron chi connectivity index (χ1n) is 12.0. The number of benzene rings is 1. The van der Waals surface area contributed by atoms with Gasteiger partial charge in [0.05, 0.1) is 20.3 Å². The lowest BCUT2D eigenvalue weighted by molar-refractivity contribution is -0.188. The molecule has 3 saturated heterocycles. The van der Waals surface area contributed by atoms with Gasteiger partial charge in [0.25, 0.3) is 5.91 Å². The third kappa shape index (κ3) is 4.34. The quantitative estimate of drug-likeness (QED) is 0.766. The molecular formula is C25H33N3O5. The van der Waals surface area contributed by atoms with E-state index < -0.39 is 5.79 Å². The van der Waals surface area contributed by atoms with E-state index in [-0.39, 0.29) is 17.7 Å². The molecule has 0 radical (unpaired) electrons. The summed E-state index contributed by atoms with van der Waals surface area (Å²) in [5.41, 5.74) is 1.49. The van der Waals surface area contributed by atoms with E-state index in [0.717, 1.165) is 42.3 Å². The molecule has 1 spiro atoms. The van der Waals surface area contributed by atoms with Crippen LogP contribution in [0.3, 0.4) is 0 Å². The first kappa shape index (κ1) is 22.2. The van der Waals surface area contributed by atoms with Crippen molar-refractivity contribution in [2.24, 2.45) is 11.8 Å². The summed E-state index contributed by atoms with van der Waals surface area (Å²) in [4.78, 5) is 33.3. The number of likely N-dealkylation sites (tertiary alicyclic amines) is 2. The van der Waals surface area contributed by atoms with Crippen LogP contribution in [-0.2, 0) is 14.3 Å². The molecule has 8 nitrogen and oxygen atoms in total. The van der Waals surface area contributed by atoms with Crippen LogP contribution in [0, 0.1) is 11.8 Å². The Morgan fingerprint density at radius 1 is 1.06 bits per heavy atom. The highest BCUT2D eigenvalue weighted by Crippen LogP contribution is 2.33. The van der Waals surface area contributed by atoms with Gasteiger partial charge in [-0.2, -0.15) is 0 Å². The summed E-state index contributed by atoms with van der Waals surface area (Å²) >= 11 is 0. The number of aromatic amines is 1. The summed E-state index contributed by atoms with van der Waals surface area (Å²) < 4.78 is 16.8. The fraction of sp³-hybridized carbons (Fsp3) is 0.600. The van der Waals surface area contributed by atoms with Crippen molar-refractivity contribution in [3.8, 4) is 5.75 Å². The maximum Gasteiger partial charge on any atom is 0.270 e. The van der Waals surface area contributed by atoms with Crippen LogP contribution >= 0.6 is 0 Å². The summed E-state index contributed by atoms with van der Waals surface area (Å²) in [6.07, 6.45) is 3.18. The second-order valence-corrected chi connectivity index (χ2v) is 9.49. The summed E-state index contributed by atoms with van der Waals surface area (Å²) in [7, 11) is 1.63. The maximum atomic E-state index is 13.1. The minimum Gasteiger partial charge on any atom is -0.497 e. The van der Waals surface area contributed by atoms with Crippen LogP contribution in [0.5, 0.6) is 5.75 Å². The van der Waals surface area contributed by atoms with Crippen molar-refractivity contribution in [2.45, 2.75) is 38.4 Å². The second-order valence-electron chi connectivity index (χ2n) is 9.49.